The number of nitrogens with zero attached hydrogens (tertiary/aromatic N) is 1. The molecule has 3 rings (SSSR count). The first kappa shape index (κ1) is 21.2. The second-order valence-electron chi connectivity index (χ2n) is 6.11. The van der Waals surface area contributed by atoms with Crippen molar-refractivity contribution < 1.29 is 23.8 Å². The van der Waals surface area contributed by atoms with E-state index >= 15 is 0 Å². The number of benzene rings is 1. The largest absolute Gasteiger partial charge is 0.419 e. The average Bonchev–Trinajstić information content (AvgIpc) is 2.63. The molecule has 2 aliphatic rings. The minimum Gasteiger partial charge on any atom is -0.419 e. The van der Waals surface area contributed by atoms with Gasteiger partial charge in [0, 0.05) is 31.4 Å². The van der Waals surface area contributed by atoms with Gasteiger partial charge >= 0.3 is 11.9 Å². The van der Waals surface area contributed by atoms with Crippen molar-refractivity contribution in [2.45, 2.75) is 33.5 Å². The van der Waals surface area contributed by atoms with E-state index in [1.165, 1.54) is 13.8 Å². The van der Waals surface area contributed by atoms with E-state index in [1.54, 1.807) is 0 Å². The fraction of sp³-hybridized carbons (Fsp3) is 0.474. The molecule has 0 saturated carbocycles. The number of carbonyl (C=O) groups excluding carboxylic acids is 2. The number of cyclic esters (lactones) is 2. The van der Waals surface area contributed by atoms with Gasteiger partial charge in [0.1, 0.15) is 5.82 Å². The lowest BCUT2D eigenvalue weighted by atomic mass is 10.2. The number of hydrogen-bond donors (Lipinski definition) is 1. The lowest BCUT2D eigenvalue weighted by Gasteiger charge is -2.35. The number of rotatable bonds is 3. The number of esters is 2. The summed E-state index contributed by atoms with van der Waals surface area (Å²) < 4.78 is 16.7. The summed E-state index contributed by atoms with van der Waals surface area (Å²) in [5, 5.41) is 3.18. The molecule has 0 atom stereocenters. The van der Waals surface area contributed by atoms with Crippen LogP contribution in [0.2, 0.25) is 0 Å². The lowest BCUT2D eigenvalue weighted by molar-refractivity contribution is -0.222. The van der Waals surface area contributed by atoms with Crippen molar-refractivity contribution in [1.29, 1.82) is 0 Å². The molecule has 2 fully saturated rings. The first-order valence-electron chi connectivity index (χ1n) is 8.92. The molecule has 148 valence electrons. The Balaban J connectivity index is 0.00000126. The summed E-state index contributed by atoms with van der Waals surface area (Å²) in [5.41, 5.74) is 0.582. The molecule has 1 aromatic rings. The van der Waals surface area contributed by atoms with Crippen LogP contribution in [0.4, 0.5) is 5.69 Å². The molecule has 0 aliphatic carbocycles. The van der Waals surface area contributed by atoms with Crippen LogP contribution >= 0.6 is 15.9 Å². The highest BCUT2D eigenvalue weighted by Gasteiger charge is 2.42. The molecule has 0 aromatic heterocycles. The smallest absolute Gasteiger partial charge is 0.352 e. The molecule has 7 nitrogen and oxygen atoms in total. The first-order chi connectivity index (χ1) is 12.9. The zero-order valence-corrected chi connectivity index (χ0v) is 17.6. The topological polar surface area (TPSA) is 77.1 Å². The van der Waals surface area contributed by atoms with Crippen LogP contribution in [0.5, 0.6) is 0 Å². The Kier molecular flexibility index (Phi) is 7.26. The molecule has 0 unspecified atom stereocenters. The molecular weight excluding hydrogens is 416 g/mol. The lowest BCUT2D eigenvalue weighted by Crippen LogP contribution is -2.46. The molecule has 1 aromatic carbocycles. The number of para-hydroxylation sites is 1. The van der Waals surface area contributed by atoms with Crippen LogP contribution in [-0.4, -0.2) is 48.9 Å². The van der Waals surface area contributed by atoms with Gasteiger partial charge in [0.15, 0.2) is 5.57 Å². The molecule has 0 spiro atoms. The first-order valence-corrected chi connectivity index (χ1v) is 9.72. The van der Waals surface area contributed by atoms with Crippen molar-refractivity contribution in [3.8, 4) is 0 Å². The number of carbonyl (C=O) groups is 2. The van der Waals surface area contributed by atoms with Crippen LogP contribution < -0.4 is 5.32 Å². The monoisotopic (exact) mass is 440 g/mol. The van der Waals surface area contributed by atoms with Crippen LogP contribution in [0.1, 0.15) is 27.7 Å². The van der Waals surface area contributed by atoms with Crippen LogP contribution in [0.15, 0.2) is 40.1 Å². The summed E-state index contributed by atoms with van der Waals surface area (Å²) in [6.07, 6.45) is 0. The van der Waals surface area contributed by atoms with Crippen molar-refractivity contribution in [2.75, 3.05) is 31.6 Å². The van der Waals surface area contributed by atoms with E-state index in [-0.39, 0.29) is 5.57 Å². The van der Waals surface area contributed by atoms with E-state index in [0.717, 1.165) is 10.2 Å². The highest BCUT2D eigenvalue weighted by molar-refractivity contribution is 9.10. The molecule has 2 heterocycles. The number of morpholine rings is 1. The van der Waals surface area contributed by atoms with Crippen LogP contribution in [0.25, 0.3) is 0 Å². The Bertz CT molecular complexity index is 705. The van der Waals surface area contributed by atoms with Crippen molar-refractivity contribution in [1.82, 2.24) is 4.90 Å². The Morgan fingerprint density at radius 2 is 1.63 bits per heavy atom. The number of ether oxygens (including phenoxy) is 3. The molecule has 27 heavy (non-hydrogen) atoms. The fourth-order valence-corrected chi connectivity index (χ4v) is 3.01. The third kappa shape index (κ3) is 5.23. The van der Waals surface area contributed by atoms with E-state index in [2.05, 4.69) is 21.2 Å². The van der Waals surface area contributed by atoms with Gasteiger partial charge in [0.25, 0.3) is 5.79 Å². The van der Waals surface area contributed by atoms with Crippen LogP contribution in [-0.2, 0) is 23.8 Å². The zero-order chi connectivity index (χ0) is 20.0. The van der Waals surface area contributed by atoms with Gasteiger partial charge in [-0.25, -0.2) is 9.59 Å². The molecule has 2 saturated heterocycles. The van der Waals surface area contributed by atoms with Gasteiger partial charge in [-0.3, -0.25) is 0 Å². The zero-order valence-electron chi connectivity index (χ0n) is 16.0. The highest BCUT2D eigenvalue weighted by atomic mass is 79.9. The van der Waals surface area contributed by atoms with E-state index in [9.17, 15) is 9.59 Å². The molecule has 0 bridgehead atoms. The van der Waals surface area contributed by atoms with Gasteiger partial charge in [0.05, 0.1) is 18.9 Å². The highest BCUT2D eigenvalue weighted by Crippen LogP contribution is 2.29. The minimum atomic E-state index is -1.28. The quantitative estimate of drug-likeness (QED) is 0.438. The van der Waals surface area contributed by atoms with E-state index in [1.807, 2.05) is 43.0 Å². The number of anilines is 1. The normalized spacial score (nSPS) is 18.7. The van der Waals surface area contributed by atoms with Crippen molar-refractivity contribution in [3.63, 3.8) is 0 Å². The third-order valence-electron chi connectivity index (χ3n) is 3.78. The molecule has 0 radical (unpaired) electrons. The molecular formula is C19H25BrN2O5. The van der Waals surface area contributed by atoms with Gasteiger partial charge < -0.3 is 24.4 Å². The van der Waals surface area contributed by atoms with Crippen molar-refractivity contribution in [2.24, 2.45) is 0 Å². The van der Waals surface area contributed by atoms with Crippen molar-refractivity contribution >= 4 is 33.6 Å². The Labute approximate surface area is 167 Å². The third-order valence-corrected chi connectivity index (χ3v) is 4.47. The Morgan fingerprint density at radius 1 is 1.07 bits per heavy atom. The van der Waals surface area contributed by atoms with Gasteiger partial charge in [-0.05, 0) is 28.1 Å². The molecule has 1 N–H and O–H groups in total. The van der Waals surface area contributed by atoms with Gasteiger partial charge in [-0.1, -0.05) is 26.0 Å². The van der Waals surface area contributed by atoms with Crippen LogP contribution in [0.3, 0.4) is 0 Å². The maximum Gasteiger partial charge on any atom is 0.352 e. The summed E-state index contributed by atoms with van der Waals surface area (Å²) in [7, 11) is 0. The Morgan fingerprint density at radius 3 is 2.19 bits per heavy atom. The second kappa shape index (κ2) is 9.23. The summed E-state index contributed by atoms with van der Waals surface area (Å²) in [4.78, 5) is 26.9. The SMILES string of the molecule is CC.CC1(C)OC(=O)C(=C(Nc2ccccc2Br)N2CCOCC2)C(=O)O1. The predicted octanol–water partition coefficient (Wildman–Crippen LogP) is 3.27. The summed E-state index contributed by atoms with van der Waals surface area (Å²) >= 11 is 3.46. The minimum absolute atomic E-state index is 0.142. The maximum absolute atomic E-state index is 12.5. The standard InChI is InChI=1S/C17H19BrN2O5.C2H6/c1-17(2)24-15(21)13(16(22)25-17)14(20-7-9-23-10-8-20)19-12-6-4-3-5-11(12)18;1-2/h3-6,19H,7-10H2,1-2H3;1-2H3. The van der Waals surface area contributed by atoms with Gasteiger partial charge in [0.2, 0.25) is 0 Å². The molecule has 8 heteroatoms. The van der Waals surface area contributed by atoms with E-state index in [0.29, 0.717) is 32.1 Å². The summed E-state index contributed by atoms with van der Waals surface area (Å²) in [6, 6.07) is 7.44. The molecule has 2 aliphatic heterocycles. The summed E-state index contributed by atoms with van der Waals surface area (Å²) in [5.74, 6) is -2.33. The van der Waals surface area contributed by atoms with E-state index < -0.39 is 17.7 Å². The van der Waals surface area contributed by atoms with E-state index in [4.69, 9.17) is 14.2 Å². The summed E-state index contributed by atoms with van der Waals surface area (Å²) in [6.45, 7) is 9.14. The molecule has 0 amide bonds. The average molecular weight is 441 g/mol. The Hall–Kier alpha value is -2.06. The van der Waals surface area contributed by atoms with Gasteiger partial charge in [-0.15, -0.1) is 0 Å². The van der Waals surface area contributed by atoms with Gasteiger partial charge in [-0.2, -0.15) is 0 Å². The van der Waals surface area contributed by atoms with Crippen molar-refractivity contribution in [3.05, 3.63) is 40.1 Å². The van der Waals surface area contributed by atoms with Crippen LogP contribution in [0, 0.1) is 0 Å². The fourth-order valence-electron chi connectivity index (χ4n) is 2.62. The number of halogens is 1. The predicted molar refractivity (Wildman–Crippen MR) is 105 cm³/mol. The maximum atomic E-state index is 12.5. The number of hydrogen-bond acceptors (Lipinski definition) is 7. The number of nitrogens with one attached hydrogen (secondary N) is 1. The second-order valence-corrected chi connectivity index (χ2v) is 6.96.